The minimum absolute atomic E-state index is 0.223. The van der Waals surface area contributed by atoms with E-state index in [1.807, 2.05) is 44.2 Å². The zero-order chi connectivity index (χ0) is 28.7. The van der Waals surface area contributed by atoms with Crippen LogP contribution in [0, 0.1) is 30.2 Å². The van der Waals surface area contributed by atoms with E-state index in [0.717, 1.165) is 23.0 Å². The maximum absolute atomic E-state index is 14.4. The lowest BCUT2D eigenvalue weighted by Gasteiger charge is -2.21. The molecule has 0 saturated heterocycles. The first kappa shape index (κ1) is 29.3. The molecule has 0 aliphatic heterocycles. The minimum Gasteiger partial charge on any atom is -0.399 e. The fourth-order valence-corrected chi connectivity index (χ4v) is 3.95. The van der Waals surface area contributed by atoms with Gasteiger partial charge >= 0.3 is 0 Å². The molecule has 3 aromatic carbocycles. The van der Waals surface area contributed by atoms with Gasteiger partial charge in [-0.1, -0.05) is 56.3 Å². The fourth-order valence-electron chi connectivity index (χ4n) is 3.95. The van der Waals surface area contributed by atoms with E-state index >= 15 is 0 Å². The Bertz CT molecular complexity index is 1420. The van der Waals surface area contributed by atoms with E-state index in [2.05, 4.69) is 4.98 Å². The van der Waals surface area contributed by atoms with Crippen LogP contribution in [0.2, 0.25) is 0 Å². The van der Waals surface area contributed by atoms with Gasteiger partial charge in [0.15, 0.2) is 29.1 Å². The lowest BCUT2D eigenvalue weighted by atomic mass is 10.0. The van der Waals surface area contributed by atoms with Gasteiger partial charge in [-0.3, -0.25) is 9.69 Å². The van der Waals surface area contributed by atoms with Crippen LogP contribution < -0.4 is 10.6 Å². The number of benzene rings is 3. The summed E-state index contributed by atoms with van der Waals surface area (Å²) in [6, 6.07) is 16.8. The molecule has 0 fully saturated rings. The number of nitrogens with zero attached hydrogens (tertiary/aromatic N) is 3. The lowest BCUT2D eigenvalue weighted by molar-refractivity contribution is -0.117. The molecule has 4 aromatic rings. The molecule has 0 aliphatic rings. The highest BCUT2D eigenvalue weighted by molar-refractivity contribution is 5.94. The smallest absolute Gasteiger partial charge is 0.232 e. The molecule has 1 amide bonds. The number of nitrogens with two attached hydrogens (primary N) is 1. The van der Waals surface area contributed by atoms with Crippen LogP contribution in [0.3, 0.4) is 0 Å². The number of likely N-dealkylation sites (N-methyl/N-ethyl adjacent to an activating group) is 1. The Morgan fingerprint density at radius 2 is 1.49 bits per heavy atom. The van der Waals surface area contributed by atoms with Gasteiger partial charge < -0.3 is 5.73 Å². The van der Waals surface area contributed by atoms with Crippen molar-refractivity contribution in [1.29, 1.82) is 0 Å². The van der Waals surface area contributed by atoms with E-state index in [-0.39, 0.29) is 5.82 Å². The van der Waals surface area contributed by atoms with Crippen molar-refractivity contribution in [2.75, 3.05) is 17.7 Å². The van der Waals surface area contributed by atoms with E-state index in [9.17, 15) is 22.4 Å². The number of aryl methyl sites for hydroxylation is 2. The second-order valence-electron chi connectivity index (χ2n) is 8.62. The van der Waals surface area contributed by atoms with Gasteiger partial charge in [-0.05, 0) is 43.0 Å². The number of hydrogen-bond acceptors (Lipinski definition) is 4. The molecule has 0 saturated carbocycles. The summed E-state index contributed by atoms with van der Waals surface area (Å²) in [5.74, 6) is -7.45. The van der Waals surface area contributed by atoms with Gasteiger partial charge in [0.25, 0.3) is 0 Å². The van der Waals surface area contributed by atoms with Crippen molar-refractivity contribution in [3.63, 3.8) is 0 Å². The number of nitrogen functional groups attached to an aromatic ring is 1. The zero-order valence-electron chi connectivity index (χ0n) is 22.2. The Morgan fingerprint density at radius 3 is 2.13 bits per heavy atom. The summed E-state index contributed by atoms with van der Waals surface area (Å²) in [6.45, 7) is 5.09. The second-order valence-corrected chi connectivity index (χ2v) is 8.62. The highest BCUT2D eigenvalue weighted by atomic mass is 19.2. The van der Waals surface area contributed by atoms with E-state index in [0.29, 0.717) is 29.9 Å². The topological polar surface area (TPSA) is 72.1 Å². The average Bonchev–Trinajstić information content (AvgIpc) is 2.97. The van der Waals surface area contributed by atoms with E-state index in [1.54, 1.807) is 24.3 Å². The first-order chi connectivity index (χ1) is 18.7. The lowest BCUT2D eigenvalue weighted by Crippen LogP contribution is -2.31. The van der Waals surface area contributed by atoms with Gasteiger partial charge in [-0.2, -0.15) is 0 Å². The van der Waals surface area contributed by atoms with Crippen molar-refractivity contribution in [2.45, 2.75) is 40.0 Å². The fraction of sp³-hybridized carbons (Fsp3) is 0.233. The van der Waals surface area contributed by atoms with E-state index < -0.39 is 46.7 Å². The summed E-state index contributed by atoms with van der Waals surface area (Å²) in [5.41, 5.74) is 8.26. The standard InChI is InChI=1S/C28H24F4N4O.C2H6/c1-16-20(25(30)27(32)26(31)24(16)29)14-23(37)36(2)28-21(13-8-17-6-4-3-5-7-17)35-22(15-34-28)18-9-11-19(33)12-10-18;1-2/h3-7,9-12,15H,8,13-14,33H2,1-2H3;1-2H3. The molecule has 2 N–H and O–H groups in total. The largest absolute Gasteiger partial charge is 0.399 e. The van der Waals surface area contributed by atoms with Crippen LogP contribution in [0.25, 0.3) is 11.3 Å². The molecule has 1 aromatic heterocycles. The Morgan fingerprint density at radius 1 is 0.872 bits per heavy atom. The summed E-state index contributed by atoms with van der Waals surface area (Å²) in [5, 5.41) is 0. The van der Waals surface area contributed by atoms with Gasteiger partial charge in [-0.15, -0.1) is 0 Å². The number of hydrogen-bond donors (Lipinski definition) is 1. The SMILES string of the molecule is CC.Cc1c(F)c(F)c(F)c(F)c1CC(=O)N(C)c1ncc(-c2ccc(N)cc2)nc1CCc1ccccc1. The van der Waals surface area contributed by atoms with E-state index in [1.165, 1.54) is 13.2 Å². The molecule has 0 unspecified atom stereocenters. The van der Waals surface area contributed by atoms with Gasteiger partial charge in [0.2, 0.25) is 5.91 Å². The number of amides is 1. The third kappa shape index (κ3) is 6.60. The van der Waals surface area contributed by atoms with Crippen molar-refractivity contribution >= 4 is 17.4 Å². The Labute approximate surface area is 225 Å². The van der Waals surface area contributed by atoms with E-state index in [4.69, 9.17) is 10.7 Å². The van der Waals surface area contributed by atoms with Gasteiger partial charge in [0, 0.05) is 23.9 Å². The molecule has 0 bridgehead atoms. The molecule has 5 nitrogen and oxygen atoms in total. The van der Waals surface area contributed by atoms with Crippen molar-refractivity contribution in [2.24, 2.45) is 0 Å². The maximum Gasteiger partial charge on any atom is 0.232 e. The van der Waals surface area contributed by atoms with Crippen molar-refractivity contribution in [3.8, 4) is 11.3 Å². The first-order valence-corrected chi connectivity index (χ1v) is 12.5. The maximum atomic E-state index is 14.4. The molecule has 0 spiro atoms. The monoisotopic (exact) mass is 538 g/mol. The molecular formula is C30H30F4N4O. The predicted octanol–water partition coefficient (Wildman–Crippen LogP) is 6.61. The second kappa shape index (κ2) is 13.0. The highest BCUT2D eigenvalue weighted by Gasteiger charge is 2.26. The molecular weight excluding hydrogens is 508 g/mol. The number of carbonyl (C=O) groups is 1. The number of rotatable bonds is 7. The Kier molecular flexibility index (Phi) is 9.76. The molecule has 0 atom stereocenters. The molecule has 39 heavy (non-hydrogen) atoms. The van der Waals surface area contributed by atoms with Crippen molar-refractivity contribution < 1.29 is 22.4 Å². The van der Waals surface area contributed by atoms with Crippen LogP contribution in [0.15, 0.2) is 60.8 Å². The molecule has 0 radical (unpaired) electrons. The third-order valence-corrected chi connectivity index (χ3v) is 6.17. The van der Waals surface area contributed by atoms with Crippen LogP contribution in [0.1, 0.15) is 36.2 Å². The highest BCUT2D eigenvalue weighted by Crippen LogP contribution is 2.27. The molecule has 204 valence electrons. The average molecular weight is 539 g/mol. The van der Waals surface area contributed by atoms with Gasteiger partial charge in [-0.25, -0.2) is 27.5 Å². The number of aromatic nitrogens is 2. The van der Waals surface area contributed by atoms with Gasteiger partial charge in [0.1, 0.15) is 0 Å². The summed E-state index contributed by atoms with van der Waals surface area (Å²) in [7, 11) is 1.42. The molecule has 1 heterocycles. The number of anilines is 2. The quantitative estimate of drug-likeness (QED) is 0.124. The number of halogens is 4. The molecule has 9 heteroatoms. The van der Waals surface area contributed by atoms with Crippen LogP contribution in [0.4, 0.5) is 29.1 Å². The normalized spacial score (nSPS) is 10.6. The number of carbonyl (C=O) groups excluding carboxylic acids is 1. The van der Waals surface area contributed by atoms with Crippen molar-refractivity contribution in [3.05, 3.63) is 106 Å². The van der Waals surface area contributed by atoms with Crippen LogP contribution in [0.5, 0.6) is 0 Å². The van der Waals surface area contributed by atoms with Crippen LogP contribution in [-0.2, 0) is 24.1 Å². The summed E-state index contributed by atoms with van der Waals surface area (Å²) in [6.07, 6.45) is 1.85. The third-order valence-electron chi connectivity index (χ3n) is 6.17. The Balaban J connectivity index is 0.00000205. The Hall–Kier alpha value is -4.27. The van der Waals surface area contributed by atoms with Crippen LogP contribution >= 0.6 is 0 Å². The summed E-state index contributed by atoms with van der Waals surface area (Å²) in [4.78, 5) is 23.4. The van der Waals surface area contributed by atoms with Crippen LogP contribution in [-0.4, -0.2) is 22.9 Å². The molecule has 4 rings (SSSR count). The summed E-state index contributed by atoms with van der Waals surface area (Å²) >= 11 is 0. The predicted molar refractivity (Wildman–Crippen MR) is 145 cm³/mol. The minimum atomic E-state index is -1.95. The summed E-state index contributed by atoms with van der Waals surface area (Å²) < 4.78 is 55.8. The van der Waals surface area contributed by atoms with Gasteiger partial charge in [0.05, 0.1) is 24.0 Å². The van der Waals surface area contributed by atoms with Crippen molar-refractivity contribution in [1.82, 2.24) is 9.97 Å². The zero-order valence-corrected chi connectivity index (χ0v) is 22.2. The first-order valence-electron chi connectivity index (χ1n) is 12.5. The molecule has 0 aliphatic carbocycles.